The minimum absolute atomic E-state index is 0.161. The van der Waals surface area contributed by atoms with E-state index in [-0.39, 0.29) is 17.8 Å². The van der Waals surface area contributed by atoms with Crippen molar-refractivity contribution in [3.63, 3.8) is 0 Å². The molecular formula is C15H13FN4O. The molecule has 1 N–H and O–H groups in total. The summed E-state index contributed by atoms with van der Waals surface area (Å²) in [7, 11) is 0. The maximum atomic E-state index is 13.1. The quantitative estimate of drug-likeness (QED) is 0.804. The van der Waals surface area contributed by atoms with Crippen LogP contribution in [0.2, 0.25) is 0 Å². The number of hydrogen-bond acceptors (Lipinski definition) is 3. The zero-order valence-electron chi connectivity index (χ0n) is 11.3. The van der Waals surface area contributed by atoms with Crippen LogP contribution in [0.3, 0.4) is 0 Å². The molecule has 0 saturated heterocycles. The number of benzene rings is 1. The van der Waals surface area contributed by atoms with E-state index in [2.05, 4.69) is 15.4 Å². The van der Waals surface area contributed by atoms with E-state index >= 15 is 0 Å². The summed E-state index contributed by atoms with van der Waals surface area (Å²) in [4.78, 5) is 16.3. The van der Waals surface area contributed by atoms with Crippen LogP contribution in [-0.2, 0) is 4.79 Å². The maximum Gasteiger partial charge on any atom is 0.249 e. The van der Waals surface area contributed by atoms with Gasteiger partial charge in [0.1, 0.15) is 5.82 Å². The lowest BCUT2D eigenvalue weighted by Gasteiger charge is -2.10. The molecule has 0 spiro atoms. The highest BCUT2D eigenvalue weighted by atomic mass is 19.1. The fourth-order valence-electron chi connectivity index (χ4n) is 2.02. The molecule has 0 saturated carbocycles. The Morgan fingerprint density at radius 3 is 2.76 bits per heavy atom. The van der Waals surface area contributed by atoms with E-state index in [0.29, 0.717) is 5.65 Å². The number of rotatable bonds is 3. The molecule has 3 aromatic rings. The highest BCUT2D eigenvalue weighted by molar-refractivity contribution is 5.94. The summed E-state index contributed by atoms with van der Waals surface area (Å²) in [5.74, 6) is -0.788. The topological polar surface area (TPSA) is 59.3 Å². The van der Waals surface area contributed by atoms with Gasteiger partial charge in [0, 0.05) is 0 Å². The van der Waals surface area contributed by atoms with Gasteiger partial charge in [0.05, 0.1) is 12.1 Å². The molecule has 0 aliphatic rings. The van der Waals surface area contributed by atoms with E-state index in [4.69, 9.17) is 0 Å². The summed E-state index contributed by atoms with van der Waals surface area (Å²) >= 11 is 0. The number of aromatic nitrogens is 3. The molecule has 1 amide bonds. The molecule has 0 radical (unpaired) electrons. The maximum absolute atomic E-state index is 13.1. The Kier molecular flexibility index (Phi) is 3.35. The largest absolute Gasteiger partial charge is 0.293 e. The summed E-state index contributed by atoms with van der Waals surface area (Å²) in [5.41, 5.74) is 1.38. The molecule has 1 aromatic carbocycles. The molecule has 0 aliphatic carbocycles. The first-order valence-electron chi connectivity index (χ1n) is 6.51. The predicted octanol–water partition coefficient (Wildman–Crippen LogP) is 2.61. The third-order valence-electron chi connectivity index (χ3n) is 3.22. The Labute approximate surface area is 120 Å². The van der Waals surface area contributed by atoms with Crippen LogP contribution >= 0.6 is 0 Å². The molecule has 6 heteroatoms. The van der Waals surface area contributed by atoms with Crippen molar-refractivity contribution in [1.82, 2.24) is 14.6 Å². The number of halogens is 1. The van der Waals surface area contributed by atoms with Gasteiger partial charge in [0.15, 0.2) is 5.65 Å². The number of hydrogen-bond donors (Lipinski definition) is 1. The van der Waals surface area contributed by atoms with Crippen LogP contribution in [0.25, 0.3) is 5.65 Å². The van der Waals surface area contributed by atoms with Crippen molar-refractivity contribution in [3.8, 4) is 0 Å². The van der Waals surface area contributed by atoms with Gasteiger partial charge in [-0.25, -0.2) is 8.91 Å². The van der Waals surface area contributed by atoms with Crippen molar-refractivity contribution in [3.05, 3.63) is 60.0 Å². The van der Waals surface area contributed by atoms with Gasteiger partial charge in [-0.1, -0.05) is 30.3 Å². The van der Waals surface area contributed by atoms with Gasteiger partial charge in [-0.2, -0.15) is 4.98 Å². The van der Waals surface area contributed by atoms with E-state index in [1.54, 1.807) is 6.92 Å². The van der Waals surface area contributed by atoms with Gasteiger partial charge >= 0.3 is 0 Å². The first kappa shape index (κ1) is 13.2. The summed E-state index contributed by atoms with van der Waals surface area (Å²) < 4.78 is 14.4. The number of fused-ring (bicyclic) bond motifs is 1. The van der Waals surface area contributed by atoms with Gasteiger partial charge in [-0.3, -0.25) is 10.1 Å². The van der Waals surface area contributed by atoms with Crippen molar-refractivity contribution < 1.29 is 9.18 Å². The number of pyridine rings is 1. The van der Waals surface area contributed by atoms with Crippen LogP contribution in [0.5, 0.6) is 0 Å². The Morgan fingerprint density at radius 2 is 2.00 bits per heavy atom. The highest BCUT2D eigenvalue weighted by Crippen LogP contribution is 2.16. The summed E-state index contributed by atoms with van der Waals surface area (Å²) in [6.45, 7) is 1.81. The third kappa shape index (κ3) is 2.74. The Hall–Kier alpha value is -2.76. The molecule has 1 atom stereocenters. The number of nitrogens with one attached hydrogen (secondary N) is 1. The Morgan fingerprint density at radius 1 is 1.24 bits per heavy atom. The summed E-state index contributed by atoms with van der Waals surface area (Å²) in [6, 6.07) is 12.2. The first-order chi connectivity index (χ1) is 10.1. The van der Waals surface area contributed by atoms with E-state index < -0.39 is 5.82 Å². The number of anilines is 1. The average Bonchev–Trinajstić information content (AvgIpc) is 2.88. The molecule has 2 aromatic heterocycles. The van der Waals surface area contributed by atoms with Gasteiger partial charge < -0.3 is 0 Å². The van der Waals surface area contributed by atoms with Crippen molar-refractivity contribution in [1.29, 1.82) is 0 Å². The summed E-state index contributed by atoms with van der Waals surface area (Å²) in [6.07, 6.45) is 1.21. The molecule has 2 heterocycles. The van der Waals surface area contributed by atoms with Crippen molar-refractivity contribution >= 4 is 17.5 Å². The van der Waals surface area contributed by atoms with Crippen LogP contribution in [0, 0.1) is 5.82 Å². The van der Waals surface area contributed by atoms with E-state index in [9.17, 15) is 9.18 Å². The normalized spacial score (nSPS) is 12.3. The fourth-order valence-corrected chi connectivity index (χ4v) is 2.02. The van der Waals surface area contributed by atoms with Crippen LogP contribution in [0.4, 0.5) is 10.3 Å². The SMILES string of the molecule is C[C@@H](C(=O)Nc1nc2ccc(F)cn2n1)c1ccccc1. The lowest BCUT2D eigenvalue weighted by molar-refractivity contribution is -0.117. The standard InChI is InChI=1S/C15H13FN4O/c1-10(11-5-3-2-4-6-11)14(21)18-15-17-13-8-7-12(16)9-20(13)19-15/h2-10H,1H3,(H,18,19,21)/t10-/m1/s1. The predicted molar refractivity (Wildman–Crippen MR) is 76.4 cm³/mol. The minimum Gasteiger partial charge on any atom is -0.293 e. The zero-order chi connectivity index (χ0) is 14.8. The van der Waals surface area contributed by atoms with Gasteiger partial charge in [0.25, 0.3) is 0 Å². The van der Waals surface area contributed by atoms with Crippen molar-refractivity contribution in [2.75, 3.05) is 5.32 Å². The van der Waals surface area contributed by atoms with Crippen molar-refractivity contribution in [2.45, 2.75) is 12.8 Å². The molecule has 0 unspecified atom stereocenters. The van der Waals surface area contributed by atoms with Gasteiger partial charge in [0.2, 0.25) is 11.9 Å². The van der Waals surface area contributed by atoms with E-state index in [1.165, 1.54) is 22.8 Å². The number of nitrogens with zero attached hydrogens (tertiary/aromatic N) is 3. The van der Waals surface area contributed by atoms with Gasteiger partial charge in [-0.15, -0.1) is 5.10 Å². The van der Waals surface area contributed by atoms with Crippen LogP contribution in [0.1, 0.15) is 18.4 Å². The van der Waals surface area contributed by atoms with Gasteiger partial charge in [-0.05, 0) is 24.6 Å². The number of carbonyl (C=O) groups is 1. The lowest BCUT2D eigenvalue weighted by atomic mass is 10.0. The van der Waals surface area contributed by atoms with E-state index in [1.807, 2.05) is 30.3 Å². The molecule has 106 valence electrons. The van der Waals surface area contributed by atoms with Crippen LogP contribution < -0.4 is 5.32 Å². The number of amides is 1. The highest BCUT2D eigenvalue weighted by Gasteiger charge is 2.17. The molecule has 0 aliphatic heterocycles. The Bertz CT molecular complexity index is 785. The lowest BCUT2D eigenvalue weighted by Crippen LogP contribution is -2.19. The Balaban J connectivity index is 1.80. The third-order valence-corrected chi connectivity index (χ3v) is 3.22. The van der Waals surface area contributed by atoms with Crippen LogP contribution in [-0.4, -0.2) is 20.5 Å². The monoisotopic (exact) mass is 284 g/mol. The second kappa shape index (κ2) is 5.32. The first-order valence-corrected chi connectivity index (χ1v) is 6.51. The second-order valence-corrected chi connectivity index (χ2v) is 4.71. The van der Waals surface area contributed by atoms with Crippen LogP contribution in [0.15, 0.2) is 48.7 Å². The molecule has 0 fully saturated rings. The molecule has 3 rings (SSSR count). The fraction of sp³-hybridized carbons (Fsp3) is 0.133. The molecular weight excluding hydrogens is 271 g/mol. The second-order valence-electron chi connectivity index (χ2n) is 4.71. The zero-order valence-corrected chi connectivity index (χ0v) is 11.3. The summed E-state index contributed by atoms with van der Waals surface area (Å²) in [5, 5.41) is 6.67. The van der Waals surface area contributed by atoms with Crippen molar-refractivity contribution in [2.24, 2.45) is 0 Å². The average molecular weight is 284 g/mol. The van der Waals surface area contributed by atoms with E-state index in [0.717, 1.165) is 5.56 Å². The smallest absolute Gasteiger partial charge is 0.249 e. The molecule has 21 heavy (non-hydrogen) atoms. The number of carbonyl (C=O) groups excluding carboxylic acids is 1. The molecule has 0 bridgehead atoms. The minimum atomic E-state index is -0.414. The molecule has 5 nitrogen and oxygen atoms in total.